The molecule has 0 spiro atoms. The van der Waals surface area contributed by atoms with Crippen LogP contribution in [0.5, 0.6) is 11.5 Å². The Morgan fingerprint density at radius 2 is 2.00 bits per heavy atom. The standard InChI is InChI=1S/C22H25N3O/c1-5-25(4)14-24-21-10-16(3)22(11-15(21)2)26-19-9-8-18(13-23)20(12-19)17-6-7-17/h8-12,14,17H,5-7H2,1-4H3. The van der Waals surface area contributed by atoms with E-state index in [0.717, 1.165) is 58.8 Å². The lowest BCUT2D eigenvalue weighted by Gasteiger charge is -2.14. The van der Waals surface area contributed by atoms with Crippen LogP contribution < -0.4 is 4.74 Å². The van der Waals surface area contributed by atoms with Gasteiger partial charge in [-0.3, -0.25) is 0 Å². The van der Waals surface area contributed by atoms with Gasteiger partial charge in [-0.05, 0) is 86.6 Å². The smallest absolute Gasteiger partial charge is 0.130 e. The number of nitriles is 1. The highest BCUT2D eigenvalue weighted by atomic mass is 16.5. The van der Waals surface area contributed by atoms with Crippen LogP contribution in [0, 0.1) is 25.2 Å². The van der Waals surface area contributed by atoms with E-state index in [4.69, 9.17) is 4.74 Å². The highest BCUT2D eigenvalue weighted by molar-refractivity contribution is 5.64. The Kier molecular flexibility index (Phi) is 5.27. The summed E-state index contributed by atoms with van der Waals surface area (Å²) in [5.41, 5.74) is 4.94. The van der Waals surface area contributed by atoms with Gasteiger partial charge in [-0.1, -0.05) is 0 Å². The lowest BCUT2D eigenvalue weighted by atomic mass is 10.0. The number of hydrogen-bond acceptors (Lipinski definition) is 3. The van der Waals surface area contributed by atoms with Crippen LogP contribution in [0.25, 0.3) is 0 Å². The first-order valence-electron chi connectivity index (χ1n) is 9.09. The average molecular weight is 347 g/mol. The summed E-state index contributed by atoms with van der Waals surface area (Å²) in [6.07, 6.45) is 4.18. The fourth-order valence-corrected chi connectivity index (χ4v) is 2.83. The van der Waals surface area contributed by atoms with Crippen molar-refractivity contribution in [3.8, 4) is 17.6 Å². The fraction of sp³-hybridized carbons (Fsp3) is 0.364. The molecule has 0 heterocycles. The highest BCUT2D eigenvalue weighted by Gasteiger charge is 2.26. The quantitative estimate of drug-likeness (QED) is 0.515. The maximum Gasteiger partial charge on any atom is 0.130 e. The Labute approximate surface area is 155 Å². The number of aryl methyl sites for hydroxylation is 2. The van der Waals surface area contributed by atoms with Crippen molar-refractivity contribution >= 4 is 12.0 Å². The number of ether oxygens (including phenoxy) is 1. The number of aliphatic imine (C=N–C) groups is 1. The summed E-state index contributed by atoms with van der Waals surface area (Å²) in [6.45, 7) is 7.08. The third kappa shape index (κ3) is 4.05. The Bertz CT molecular complexity index is 876. The lowest BCUT2D eigenvalue weighted by Crippen LogP contribution is -2.14. The minimum atomic E-state index is 0.517. The largest absolute Gasteiger partial charge is 0.457 e. The molecule has 0 aliphatic heterocycles. The molecule has 3 rings (SSSR count). The Hall–Kier alpha value is -2.80. The second-order valence-corrected chi connectivity index (χ2v) is 6.96. The predicted molar refractivity (Wildman–Crippen MR) is 106 cm³/mol. The molecule has 0 unspecified atom stereocenters. The Morgan fingerprint density at radius 3 is 2.65 bits per heavy atom. The van der Waals surface area contributed by atoms with Crippen molar-refractivity contribution < 1.29 is 4.74 Å². The van der Waals surface area contributed by atoms with Crippen LogP contribution in [0.4, 0.5) is 5.69 Å². The van der Waals surface area contributed by atoms with Crippen LogP contribution in [0.2, 0.25) is 0 Å². The minimum Gasteiger partial charge on any atom is -0.457 e. The van der Waals surface area contributed by atoms with Crippen LogP contribution in [0.15, 0.2) is 35.3 Å². The molecule has 0 amide bonds. The molecule has 1 aliphatic carbocycles. The first kappa shape index (κ1) is 18.0. The molecule has 134 valence electrons. The summed E-state index contributed by atoms with van der Waals surface area (Å²) >= 11 is 0. The molecule has 4 nitrogen and oxygen atoms in total. The fourth-order valence-electron chi connectivity index (χ4n) is 2.83. The van der Waals surface area contributed by atoms with Crippen molar-refractivity contribution in [2.45, 2.75) is 39.5 Å². The maximum atomic E-state index is 9.29. The van der Waals surface area contributed by atoms with Crippen LogP contribution in [0.1, 0.15) is 47.9 Å². The summed E-state index contributed by atoms with van der Waals surface area (Å²) in [6, 6.07) is 12.1. The van der Waals surface area contributed by atoms with E-state index in [0.29, 0.717) is 5.92 Å². The summed E-state index contributed by atoms with van der Waals surface area (Å²) in [4.78, 5) is 6.60. The van der Waals surface area contributed by atoms with E-state index in [9.17, 15) is 5.26 Å². The molecule has 2 aromatic carbocycles. The minimum absolute atomic E-state index is 0.517. The van der Waals surface area contributed by atoms with Gasteiger partial charge in [-0.2, -0.15) is 5.26 Å². The second kappa shape index (κ2) is 7.61. The summed E-state index contributed by atoms with van der Waals surface area (Å²) < 4.78 is 6.14. The van der Waals surface area contributed by atoms with E-state index < -0.39 is 0 Å². The molecule has 1 aliphatic rings. The molecule has 0 saturated heterocycles. The SMILES string of the molecule is CCN(C)C=Nc1cc(C)c(Oc2ccc(C#N)c(C3CC3)c2)cc1C. The van der Waals surface area contributed by atoms with Gasteiger partial charge >= 0.3 is 0 Å². The van der Waals surface area contributed by atoms with Crippen molar-refractivity contribution in [3.05, 3.63) is 52.6 Å². The summed E-state index contributed by atoms with van der Waals surface area (Å²) in [7, 11) is 2.01. The Balaban J connectivity index is 1.84. The zero-order valence-electron chi connectivity index (χ0n) is 15.9. The van der Waals surface area contributed by atoms with Crippen molar-refractivity contribution in [3.63, 3.8) is 0 Å². The van der Waals surface area contributed by atoms with Gasteiger partial charge < -0.3 is 9.64 Å². The zero-order valence-corrected chi connectivity index (χ0v) is 15.9. The Morgan fingerprint density at radius 1 is 1.23 bits per heavy atom. The van der Waals surface area contributed by atoms with E-state index in [1.54, 1.807) is 0 Å². The molecular weight excluding hydrogens is 322 g/mol. The van der Waals surface area contributed by atoms with Gasteiger partial charge in [0.25, 0.3) is 0 Å². The van der Waals surface area contributed by atoms with Crippen LogP contribution >= 0.6 is 0 Å². The van der Waals surface area contributed by atoms with Crippen LogP contribution in [0.3, 0.4) is 0 Å². The molecule has 0 bridgehead atoms. The molecule has 0 N–H and O–H groups in total. The summed E-state index contributed by atoms with van der Waals surface area (Å²) in [5, 5.41) is 9.29. The first-order chi connectivity index (χ1) is 12.5. The van der Waals surface area contributed by atoms with E-state index in [1.165, 1.54) is 0 Å². The van der Waals surface area contributed by atoms with Crippen molar-refractivity contribution in [2.24, 2.45) is 4.99 Å². The zero-order chi connectivity index (χ0) is 18.7. The second-order valence-electron chi connectivity index (χ2n) is 6.96. The summed E-state index contributed by atoms with van der Waals surface area (Å²) in [5.74, 6) is 2.13. The number of hydrogen-bond donors (Lipinski definition) is 0. The topological polar surface area (TPSA) is 48.6 Å². The van der Waals surface area contributed by atoms with Crippen LogP contribution in [-0.4, -0.2) is 24.8 Å². The van der Waals surface area contributed by atoms with Crippen molar-refractivity contribution in [2.75, 3.05) is 13.6 Å². The van der Waals surface area contributed by atoms with Gasteiger partial charge in [0.2, 0.25) is 0 Å². The molecule has 1 fully saturated rings. The first-order valence-corrected chi connectivity index (χ1v) is 9.09. The molecule has 26 heavy (non-hydrogen) atoms. The van der Waals surface area contributed by atoms with E-state index in [2.05, 4.69) is 24.1 Å². The van der Waals surface area contributed by atoms with Crippen molar-refractivity contribution in [1.82, 2.24) is 4.90 Å². The molecule has 0 radical (unpaired) electrons. The monoisotopic (exact) mass is 347 g/mol. The van der Waals surface area contributed by atoms with Gasteiger partial charge in [0, 0.05) is 13.6 Å². The van der Waals surface area contributed by atoms with Gasteiger partial charge in [-0.15, -0.1) is 0 Å². The van der Waals surface area contributed by atoms with E-state index >= 15 is 0 Å². The predicted octanol–water partition coefficient (Wildman–Crippen LogP) is 5.46. The normalized spacial score (nSPS) is 13.7. The van der Waals surface area contributed by atoms with Crippen molar-refractivity contribution in [1.29, 1.82) is 5.26 Å². The van der Waals surface area contributed by atoms with Gasteiger partial charge in [-0.25, -0.2) is 4.99 Å². The highest BCUT2D eigenvalue weighted by Crippen LogP contribution is 2.43. The molecule has 4 heteroatoms. The molecule has 0 atom stereocenters. The van der Waals surface area contributed by atoms with Crippen LogP contribution in [-0.2, 0) is 0 Å². The molecule has 1 saturated carbocycles. The van der Waals surface area contributed by atoms with Gasteiger partial charge in [0.05, 0.1) is 23.7 Å². The molecule has 2 aromatic rings. The van der Waals surface area contributed by atoms with E-state index in [-0.39, 0.29) is 0 Å². The van der Waals surface area contributed by atoms with Gasteiger partial charge in [0.1, 0.15) is 11.5 Å². The average Bonchev–Trinajstić information content (AvgIpc) is 3.48. The van der Waals surface area contributed by atoms with Gasteiger partial charge in [0.15, 0.2) is 0 Å². The molecule has 0 aromatic heterocycles. The van der Waals surface area contributed by atoms with E-state index in [1.807, 2.05) is 56.4 Å². The molecular formula is C22H25N3O. The number of rotatable bonds is 6. The third-order valence-corrected chi connectivity index (χ3v) is 4.77. The third-order valence-electron chi connectivity index (χ3n) is 4.77. The maximum absolute atomic E-state index is 9.29. The lowest BCUT2D eigenvalue weighted by molar-refractivity contribution is 0.478. The number of benzene rings is 2. The number of nitrogens with zero attached hydrogens (tertiary/aromatic N) is 3.